The van der Waals surface area contributed by atoms with E-state index in [1.165, 1.54) is 30.5 Å². The van der Waals surface area contributed by atoms with Gasteiger partial charge >= 0.3 is 12.1 Å². The highest BCUT2D eigenvalue weighted by atomic mass is 19.4. The van der Waals surface area contributed by atoms with Crippen LogP contribution in [-0.2, 0) is 11.0 Å². The van der Waals surface area contributed by atoms with Crippen LogP contribution >= 0.6 is 0 Å². The van der Waals surface area contributed by atoms with E-state index in [0.717, 1.165) is 12.1 Å². The maximum absolute atomic E-state index is 12.6. The van der Waals surface area contributed by atoms with Crippen molar-refractivity contribution in [3.8, 4) is 0 Å². The number of alkyl halides is 3. The van der Waals surface area contributed by atoms with E-state index >= 15 is 0 Å². The number of hydrogen-bond donors (Lipinski definition) is 2. The molecule has 1 aromatic carbocycles. The van der Waals surface area contributed by atoms with Gasteiger partial charge in [-0.1, -0.05) is 6.07 Å². The minimum absolute atomic E-state index is 0.0731. The van der Waals surface area contributed by atoms with Gasteiger partial charge in [0.1, 0.15) is 0 Å². The van der Waals surface area contributed by atoms with Crippen LogP contribution in [0.25, 0.3) is 0 Å². The summed E-state index contributed by atoms with van der Waals surface area (Å²) in [6, 6.07) is 4.40. The molecule has 0 aromatic heterocycles. The van der Waals surface area contributed by atoms with Crippen LogP contribution in [0.5, 0.6) is 0 Å². The lowest BCUT2D eigenvalue weighted by Crippen LogP contribution is -2.48. The average molecular weight is 284 g/mol. The molecule has 0 fully saturated rings. The highest BCUT2D eigenvalue weighted by molar-refractivity contribution is 5.89. The van der Waals surface area contributed by atoms with Crippen LogP contribution < -0.4 is 5.32 Å². The van der Waals surface area contributed by atoms with Gasteiger partial charge in [0.05, 0.1) is 12.1 Å². The van der Waals surface area contributed by atoms with Gasteiger partial charge in [-0.2, -0.15) is 13.2 Å². The van der Waals surface area contributed by atoms with E-state index in [1.54, 1.807) is 0 Å². The minimum Gasteiger partial charge on any atom is -0.479 e. The van der Waals surface area contributed by atoms with Crippen molar-refractivity contribution in [2.24, 2.45) is 4.99 Å². The molecule has 1 unspecified atom stereocenters. The van der Waals surface area contributed by atoms with Crippen molar-refractivity contribution in [3.63, 3.8) is 0 Å². The second kappa shape index (κ2) is 4.99. The summed E-state index contributed by atoms with van der Waals surface area (Å²) in [6.45, 7) is -0.0882. The van der Waals surface area contributed by atoms with E-state index < -0.39 is 23.2 Å². The summed E-state index contributed by atoms with van der Waals surface area (Å²) >= 11 is 0. The van der Waals surface area contributed by atoms with Gasteiger partial charge in [0.2, 0.25) is 0 Å². The molecule has 0 bridgehead atoms. The molecule has 4 nitrogen and oxygen atoms in total. The summed E-state index contributed by atoms with van der Waals surface area (Å²) < 4.78 is 37.9. The van der Waals surface area contributed by atoms with Gasteiger partial charge in [-0.25, -0.2) is 4.79 Å². The Bertz CT molecular complexity index is 581. The van der Waals surface area contributed by atoms with E-state index in [2.05, 4.69) is 10.3 Å². The number of benzene rings is 1. The van der Waals surface area contributed by atoms with Crippen molar-refractivity contribution < 1.29 is 23.1 Å². The first-order valence-corrected chi connectivity index (χ1v) is 5.70. The first kappa shape index (κ1) is 14.1. The van der Waals surface area contributed by atoms with Crippen molar-refractivity contribution in [1.82, 2.24) is 0 Å². The SMILES string of the molecule is O=C(O)C1(Nc2cccc(C(F)(F)F)c2)C=CC=NC1. The third-order valence-electron chi connectivity index (χ3n) is 2.85. The van der Waals surface area contributed by atoms with Crippen LogP contribution in [0.1, 0.15) is 5.56 Å². The maximum Gasteiger partial charge on any atom is 0.416 e. The van der Waals surface area contributed by atoms with Crippen molar-refractivity contribution in [2.75, 3.05) is 11.9 Å². The van der Waals surface area contributed by atoms with E-state index in [9.17, 15) is 23.1 Å². The number of anilines is 1. The van der Waals surface area contributed by atoms with E-state index in [0.29, 0.717) is 0 Å². The number of hydrogen-bond acceptors (Lipinski definition) is 3. The molecule has 1 aliphatic heterocycles. The predicted octanol–water partition coefficient (Wildman–Crippen LogP) is 2.58. The molecule has 1 aromatic rings. The van der Waals surface area contributed by atoms with Crippen molar-refractivity contribution in [1.29, 1.82) is 0 Å². The number of aliphatic imine (C=N–C) groups is 1. The molecule has 20 heavy (non-hydrogen) atoms. The largest absolute Gasteiger partial charge is 0.479 e. The topological polar surface area (TPSA) is 61.7 Å². The third kappa shape index (κ3) is 2.81. The molecular formula is C13H11F3N2O2. The Labute approximate surface area is 112 Å². The maximum atomic E-state index is 12.6. The first-order valence-electron chi connectivity index (χ1n) is 5.70. The molecule has 0 radical (unpaired) electrons. The number of rotatable bonds is 3. The van der Waals surface area contributed by atoms with Crippen LogP contribution in [0.3, 0.4) is 0 Å². The molecule has 1 heterocycles. The normalized spacial score (nSPS) is 21.8. The molecule has 2 rings (SSSR count). The van der Waals surface area contributed by atoms with Crippen LogP contribution in [0.4, 0.5) is 18.9 Å². The summed E-state index contributed by atoms with van der Waals surface area (Å²) in [7, 11) is 0. The molecule has 0 amide bonds. The Morgan fingerprint density at radius 1 is 1.40 bits per heavy atom. The number of nitrogens with zero attached hydrogens (tertiary/aromatic N) is 1. The number of nitrogens with one attached hydrogen (secondary N) is 1. The molecule has 1 aliphatic rings. The predicted molar refractivity (Wildman–Crippen MR) is 67.9 cm³/mol. The monoisotopic (exact) mass is 284 g/mol. The number of halogens is 3. The quantitative estimate of drug-likeness (QED) is 0.896. The van der Waals surface area contributed by atoms with Gasteiger partial charge in [-0.05, 0) is 30.4 Å². The number of carbonyl (C=O) groups is 1. The Kier molecular flexibility index (Phi) is 3.52. The van der Waals surface area contributed by atoms with Gasteiger partial charge in [0, 0.05) is 11.9 Å². The van der Waals surface area contributed by atoms with Gasteiger partial charge < -0.3 is 10.4 Å². The van der Waals surface area contributed by atoms with E-state index in [1.807, 2.05) is 0 Å². The summed E-state index contributed by atoms with van der Waals surface area (Å²) in [5.74, 6) is -1.21. The third-order valence-corrected chi connectivity index (χ3v) is 2.85. The second-order valence-electron chi connectivity index (χ2n) is 4.33. The molecule has 106 valence electrons. The Morgan fingerprint density at radius 3 is 2.70 bits per heavy atom. The zero-order valence-corrected chi connectivity index (χ0v) is 10.2. The lowest BCUT2D eigenvalue weighted by molar-refractivity contribution is -0.140. The number of dihydropyridines is 1. The second-order valence-corrected chi connectivity index (χ2v) is 4.33. The molecule has 0 saturated heterocycles. The van der Waals surface area contributed by atoms with E-state index in [4.69, 9.17) is 0 Å². The van der Waals surface area contributed by atoms with E-state index in [-0.39, 0.29) is 12.2 Å². The minimum atomic E-state index is -4.48. The smallest absolute Gasteiger partial charge is 0.416 e. The molecule has 0 spiro atoms. The highest BCUT2D eigenvalue weighted by Crippen LogP contribution is 2.31. The zero-order valence-electron chi connectivity index (χ0n) is 10.2. The van der Waals surface area contributed by atoms with Crippen LogP contribution in [0.2, 0.25) is 0 Å². The number of carboxylic acids is 1. The van der Waals surface area contributed by atoms with Gasteiger partial charge in [-0.15, -0.1) is 0 Å². The fourth-order valence-corrected chi connectivity index (χ4v) is 1.82. The number of carboxylic acid groups (broad SMARTS) is 1. The molecule has 0 saturated carbocycles. The summed E-state index contributed by atoms with van der Waals surface area (Å²) in [4.78, 5) is 15.2. The molecule has 2 N–H and O–H groups in total. The molecule has 7 heteroatoms. The van der Waals surface area contributed by atoms with Crippen molar-refractivity contribution in [3.05, 3.63) is 42.0 Å². The number of allylic oxidation sites excluding steroid dienone is 1. The standard InChI is InChI=1S/C13H11F3N2O2/c14-13(15,16)9-3-1-4-10(7-9)18-12(11(19)20)5-2-6-17-8-12/h1-7,18H,8H2,(H,19,20). The van der Waals surface area contributed by atoms with Gasteiger partial charge in [0.15, 0.2) is 5.54 Å². The Balaban J connectivity index is 2.31. The lowest BCUT2D eigenvalue weighted by Gasteiger charge is -2.28. The van der Waals surface area contributed by atoms with Crippen molar-refractivity contribution >= 4 is 17.9 Å². The van der Waals surface area contributed by atoms with Crippen LogP contribution in [-0.4, -0.2) is 29.4 Å². The number of aliphatic carboxylic acids is 1. The first-order chi connectivity index (χ1) is 9.33. The van der Waals surface area contributed by atoms with Gasteiger partial charge in [0.25, 0.3) is 0 Å². The van der Waals surface area contributed by atoms with Crippen LogP contribution in [0, 0.1) is 0 Å². The van der Waals surface area contributed by atoms with Crippen molar-refractivity contribution in [2.45, 2.75) is 11.7 Å². The fraction of sp³-hybridized carbons (Fsp3) is 0.231. The summed E-state index contributed by atoms with van der Waals surface area (Å²) in [6.07, 6.45) is -0.232. The Morgan fingerprint density at radius 2 is 2.15 bits per heavy atom. The summed E-state index contributed by atoms with van der Waals surface area (Å²) in [5, 5.41) is 11.9. The average Bonchev–Trinajstić information content (AvgIpc) is 2.39. The summed E-state index contributed by atoms with van der Waals surface area (Å²) in [5.41, 5.74) is -2.30. The lowest BCUT2D eigenvalue weighted by atomic mass is 9.97. The molecule has 1 atom stereocenters. The van der Waals surface area contributed by atoms with Crippen LogP contribution in [0.15, 0.2) is 41.4 Å². The molecular weight excluding hydrogens is 273 g/mol. The fourth-order valence-electron chi connectivity index (χ4n) is 1.82. The highest BCUT2D eigenvalue weighted by Gasteiger charge is 2.37. The molecule has 0 aliphatic carbocycles. The Hall–Kier alpha value is -2.31. The van der Waals surface area contributed by atoms with Gasteiger partial charge in [-0.3, -0.25) is 4.99 Å². The zero-order chi connectivity index (χ0) is 14.8.